The highest BCUT2D eigenvalue weighted by atomic mass is 35.5. The van der Waals surface area contributed by atoms with E-state index in [-0.39, 0.29) is 50.1 Å². The molecule has 232 valence electrons. The number of halogens is 2. The van der Waals surface area contributed by atoms with Crippen LogP contribution in [0.3, 0.4) is 0 Å². The quantitative estimate of drug-likeness (QED) is 0.220. The first-order chi connectivity index (χ1) is 20.4. The molecule has 0 spiro atoms. The minimum Gasteiger partial charge on any atom is -0.497 e. The Bertz CT molecular complexity index is 1450. The number of methoxy groups -OCH3 is 1. The summed E-state index contributed by atoms with van der Waals surface area (Å²) in [5.74, 6) is 0.203. The summed E-state index contributed by atoms with van der Waals surface area (Å²) in [5.41, 5.74) is 1.88. The third kappa shape index (κ3) is 10.2. The molecule has 8 nitrogen and oxygen atoms in total. The van der Waals surface area contributed by atoms with Gasteiger partial charge >= 0.3 is 0 Å². The highest BCUT2D eigenvalue weighted by Crippen LogP contribution is 2.28. The Morgan fingerprint density at radius 2 is 1.56 bits per heavy atom. The number of hydrogen-bond donors (Lipinski definition) is 1. The number of sulfonamides is 1. The first kappa shape index (κ1) is 34.2. The van der Waals surface area contributed by atoms with Gasteiger partial charge in [-0.25, -0.2) is 8.42 Å². The summed E-state index contributed by atoms with van der Waals surface area (Å²) in [5, 5.41) is 3.75. The van der Waals surface area contributed by atoms with Crippen molar-refractivity contribution < 1.29 is 22.7 Å². The summed E-state index contributed by atoms with van der Waals surface area (Å²) in [4.78, 5) is 29.1. The highest BCUT2D eigenvalue weighted by Gasteiger charge is 2.31. The standard InChI is InChI=1S/C32H39Cl2N3O5S/c1-23(2)21-35-32(39)30(20-24-10-6-5-7-11-24)36(22-27-28(33)12-8-13-29(27)34)31(38)14-9-19-37(43(4,40)41)25-15-17-26(42-3)18-16-25/h5-8,10-13,15-18,23,30H,9,14,19-22H2,1-4H3,(H,35,39)/t30-/m1/s1. The first-order valence-electron chi connectivity index (χ1n) is 14.1. The Morgan fingerprint density at radius 3 is 2.12 bits per heavy atom. The maximum atomic E-state index is 14.0. The van der Waals surface area contributed by atoms with E-state index >= 15 is 0 Å². The van der Waals surface area contributed by atoms with Crippen LogP contribution in [0.2, 0.25) is 10.0 Å². The van der Waals surface area contributed by atoms with Crippen molar-refractivity contribution in [2.75, 3.05) is 30.8 Å². The van der Waals surface area contributed by atoms with Crippen LogP contribution in [0, 0.1) is 5.92 Å². The number of anilines is 1. The van der Waals surface area contributed by atoms with Crippen molar-refractivity contribution in [2.45, 2.75) is 45.7 Å². The highest BCUT2D eigenvalue weighted by molar-refractivity contribution is 7.92. The van der Waals surface area contributed by atoms with Gasteiger partial charge in [-0.3, -0.25) is 13.9 Å². The topological polar surface area (TPSA) is 96.0 Å². The minimum atomic E-state index is -3.63. The van der Waals surface area contributed by atoms with Crippen LogP contribution in [0.1, 0.15) is 37.8 Å². The second kappa shape index (κ2) is 16.0. The minimum absolute atomic E-state index is 0.00695. The zero-order chi connectivity index (χ0) is 31.6. The van der Waals surface area contributed by atoms with Crippen molar-refractivity contribution in [3.8, 4) is 5.75 Å². The van der Waals surface area contributed by atoms with Gasteiger partial charge in [-0.15, -0.1) is 0 Å². The summed E-state index contributed by atoms with van der Waals surface area (Å²) < 4.78 is 31.8. The lowest BCUT2D eigenvalue weighted by atomic mass is 10.0. The van der Waals surface area contributed by atoms with Crippen LogP contribution in [-0.4, -0.2) is 57.6 Å². The molecule has 0 aliphatic rings. The van der Waals surface area contributed by atoms with Crippen LogP contribution in [-0.2, 0) is 32.6 Å². The third-order valence-corrected chi connectivity index (χ3v) is 8.76. The van der Waals surface area contributed by atoms with Crippen LogP contribution in [0.5, 0.6) is 5.75 Å². The van der Waals surface area contributed by atoms with Gasteiger partial charge in [-0.2, -0.15) is 0 Å². The van der Waals surface area contributed by atoms with Crippen LogP contribution in [0.15, 0.2) is 72.8 Å². The molecule has 0 aliphatic heterocycles. The monoisotopic (exact) mass is 647 g/mol. The largest absolute Gasteiger partial charge is 0.497 e. The van der Waals surface area contributed by atoms with E-state index in [4.69, 9.17) is 27.9 Å². The average molecular weight is 649 g/mol. The maximum Gasteiger partial charge on any atom is 0.243 e. The average Bonchev–Trinajstić information content (AvgIpc) is 2.97. The van der Waals surface area contributed by atoms with Crippen molar-refractivity contribution in [1.29, 1.82) is 0 Å². The number of rotatable bonds is 15. The van der Waals surface area contributed by atoms with Gasteiger partial charge in [0.15, 0.2) is 0 Å². The molecule has 0 bridgehead atoms. The van der Waals surface area contributed by atoms with E-state index in [0.717, 1.165) is 11.8 Å². The molecule has 2 amide bonds. The van der Waals surface area contributed by atoms with Gasteiger partial charge in [-0.1, -0.05) is 73.4 Å². The summed E-state index contributed by atoms with van der Waals surface area (Å²) in [6.07, 6.45) is 1.61. The first-order valence-corrected chi connectivity index (χ1v) is 16.7. The SMILES string of the molecule is COc1ccc(N(CCCC(=O)N(Cc2c(Cl)cccc2Cl)[C@H](Cc2ccccc2)C(=O)NCC(C)C)S(C)(=O)=O)cc1. The molecule has 0 aliphatic carbocycles. The Balaban J connectivity index is 1.91. The van der Waals surface area contributed by atoms with E-state index in [1.165, 1.54) is 16.3 Å². The number of hydrogen-bond acceptors (Lipinski definition) is 5. The fourth-order valence-corrected chi connectivity index (χ4v) is 6.06. The smallest absolute Gasteiger partial charge is 0.243 e. The van der Waals surface area contributed by atoms with Crippen molar-refractivity contribution in [3.05, 3.63) is 94.0 Å². The van der Waals surface area contributed by atoms with Crippen molar-refractivity contribution in [3.63, 3.8) is 0 Å². The second-order valence-corrected chi connectivity index (χ2v) is 13.4. The molecule has 0 unspecified atom stereocenters. The Morgan fingerprint density at radius 1 is 0.930 bits per heavy atom. The van der Waals surface area contributed by atoms with Crippen LogP contribution in [0.4, 0.5) is 5.69 Å². The maximum absolute atomic E-state index is 14.0. The molecule has 11 heteroatoms. The lowest BCUT2D eigenvalue weighted by molar-refractivity contribution is -0.141. The molecule has 3 rings (SSSR count). The van der Waals surface area contributed by atoms with Gasteiger partial charge in [0.25, 0.3) is 0 Å². The molecule has 1 atom stereocenters. The summed E-state index contributed by atoms with van der Waals surface area (Å²) in [6, 6.07) is 20.4. The van der Waals surface area contributed by atoms with Gasteiger partial charge in [0.05, 0.1) is 19.1 Å². The zero-order valence-corrected chi connectivity index (χ0v) is 27.3. The number of carbonyl (C=O) groups excluding carboxylic acids is 2. The molecule has 0 heterocycles. The molecule has 3 aromatic rings. The van der Waals surface area contributed by atoms with E-state index in [9.17, 15) is 18.0 Å². The lowest BCUT2D eigenvalue weighted by Gasteiger charge is -2.32. The van der Waals surface area contributed by atoms with Crippen LogP contribution < -0.4 is 14.4 Å². The molecule has 3 aromatic carbocycles. The lowest BCUT2D eigenvalue weighted by Crippen LogP contribution is -2.51. The number of carbonyl (C=O) groups is 2. The number of amides is 2. The molecule has 0 aromatic heterocycles. The van der Waals surface area contributed by atoms with Gasteiger partial charge in [0.2, 0.25) is 21.8 Å². The fraction of sp³-hybridized carbons (Fsp3) is 0.375. The molecule has 43 heavy (non-hydrogen) atoms. The molecule has 0 saturated heterocycles. The molecule has 1 N–H and O–H groups in total. The second-order valence-electron chi connectivity index (χ2n) is 10.7. The van der Waals surface area contributed by atoms with E-state index in [1.54, 1.807) is 42.5 Å². The van der Waals surface area contributed by atoms with Gasteiger partial charge < -0.3 is 15.0 Å². The Hall–Kier alpha value is -3.27. The van der Waals surface area contributed by atoms with Crippen molar-refractivity contribution >= 4 is 50.7 Å². The summed E-state index contributed by atoms with van der Waals surface area (Å²) >= 11 is 13.0. The fourth-order valence-electron chi connectivity index (χ4n) is 4.58. The molecule has 0 saturated carbocycles. The van der Waals surface area contributed by atoms with Crippen LogP contribution >= 0.6 is 23.2 Å². The van der Waals surface area contributed by atoms with Crippen LogP contribution in [0.25, 0.3) is 0 Å². The Labute approximate surface area is 265 Å². The van der Waals surface area contributed by atoms with Crippen molar-refractivity contribution in [1.82, 2.24) is 10.2 Å². The molecule has 0 fully saturated rings. The number of benzene rings is 3. The normalized spacial score (nSPS) is 12.1. The summed E-state index contributed by atoms with van der Waals surface area (Å²) in [7, 11) is -2.10. The predicted molar refractivity (Wildman–Crippen MR) is 173 cm³/mol. The molecular formula is C32H39Cl2N3O5S. The number of ether oxygens (including phenoxy) is 1. The van der Waals surface area contributed by atoms with E-state index in [0.29, 0.717) is 33.6 Å². The predicted octanol–water partition coefficient (Wildman–Crippen LogP) is 5.96. The van der Waals surface area contributed by atoms with E-state index in [1.807, 2.05) is 44.2 Å². The van der Waals surface area contributed by atoms with E-state index in [2.05, 4.69) is 5.32 Å². The number of nitrogens with one attached hydrogen (secondary N) is 1. The molecule has 0 radical (unpaired) electrons. The van der Waals surface area contributed by atoms with Crippen molar-refractivity contribution in [2.24, 2.45) is 5.92 Å². The van der Waals surface area contributed by atoms with E-state index < -0.39 is 16.1 Å². The third-order valence-electron chi connectivity index (χ3n) is 6.86. The molecular weight excluding hydrogens is 609 g/mol. The Kier molecular flexibility index (Phi) is 12.7. The number of nitrogens with zero attached hydrogens (tertiary/aromatic N) is 2. The zero-order valence-electron chi connectivity index (χ0n) is 24.9. The van der Waals surface area contributed by atoms with Gasteiger partial charge in [0, 0.05) is 48.1 Å². The van der Waals surface area contributed by atoms with Gasteiger partial charge in [-0.05, 0) is 54.3 Å². The summed E-state index contributed by atoms with van der Waals surface area (Å²) in [6.45, 7) is 4.52. The van der Waals surface area contributed by atoms with Gasteiger partial charge in [0.1, 0.15) is 11.8 Å².